The van der Waals surface area contributed by atoms with E-state index >= 15 is 0 Å². The Morgan fingerprint density at radius 1 is 1.50 bits per heavy atom. The van der Waals surface area contributed by atoms with Gasteiger partial charge in [0.2, 0.25) is 0 Å². The first-order valence-electron chi connectivity index (χ1n) is 5.46. The number of aryl methyl sites for hydroxylation is 2. The fourth-order valence-corrected chi connectivity index (χ4v) is 1.73. The van der Waals surface area contributed by atoms with Crippen LogP contribution in [0, 0.1) is 13.8 Å². The third-order valence-electron chi connectivity index (χ3n) is 2.36. The first kappa shape index (κ1) is 12.8. The maximum atomic E-state index is 11.8. The molecule has 0 saturated heterocycles. The fourth-order valence-electron chi connectivity index (χ4n) is 1.73. The Labute approximate surface area is 95.7 Å². The highest BCUT2D eigenvalue weighted by molar-refractivity contribution is 5.95. The SMILES string of the molecule is Cc1cc(C(=O)NC(C)CC(C)O)c(C)o1. The molecule has 0 aliphatic carbocycles. The van der Waals surface area contributed by atoms with Crippen LogP contribution in [-0.4, -0.2) is 23.2 Å². The van der Waals surface area contributed by atoms with Crippen molar-refractivity contribution < 1.29 is 14.3 Å². The van der Waals surface area contributed by atoms with Crippen LogP contribution in [0.15, 0.2) is 10.5 Å². The van der Waals surface area contributed by atoms with Gasteiger partial charge >= 0.3 is 0 Å². The molecule has 90 valence electrons. The van der Waals surface area contributed by atoms with Crippen LogP contribution in [0.1, 0.15) is 42.1 Å². The molecule has 1 aromatic rings. The van der Waals surface area contributed by atoms with Crippen molar-refractivity contribution in [1.29, 1.82) is 0 Å². The van der Waals surface area contributed by atoms with E-state index in [0.29, 0.717) is 17.7 Å². The largest absolute Gasteiger partial charge is 0.466 e. The number of hydrogen-bond acceptors (Lipinski definition) is 3. The summed E-state index contributed by atoms with van der Waals surface area (Å²) in [6.45, 7) is 7.15. The number of nitrogens with one attached hydrogen (secondary N) is 1. The summed E-state index contributed by atoms with van der Waals surface area (Å²) in [6.07, 6.45) is 0.129. The van der Waals surface area contributed by atoms with Crippen molar-refractivity contribution in [3.05, 3.63) is 23.2 Å². The number of amides is 1. The molecular formula is C12H19NO3. The second kappa shape index (κ2) is 5.16. The van der Waals surface area contributed by atoms with Gasteiger partial charge in [-0.15, -0.1) is 0 Å². The van der Waals surface area contributed by atoms with Crippen molar-refractivity contribution in [3.8, 4) is 0 Å². The normalized spacial score (nSPS) is 14.6. The molecule has 2 unspecified atom stereocenters. The molecule has 16 heavy (non-hydrogen) atoms. The van der Waals surface area contributed by atoms with Crippen LogP contribution >= 0.6 is 0 Å². The smallest absolute Gasteiger partial charge is 0.255 e. The average molecular weight is 225 g/mol. The molecule has 1 amide bonds. The van der Waals surface area contributed by atoms with E-state index < -0.39 is 6.10 Å². The summed E-state index contributed by atoms with van der Waals surface area (Å²) in [7, 11) is 0. The van der Waals surface area contributed by atoms with E-state index in [1.54, 1.807) is 19.9 Å². The lowest BCUT2D eigenvalue weighted by Gasteiger charge is -2.14. The van der Waals surface area contributed by atoms with E-state index in [-0.39, 0.29) is 11.9 Å². The van der Waals surface area contributed by atoms with Crippen molar-refractivity contribution in [2.45, 2.75) is 46.3 Å². The molecule has 1 rings (SSSR count). The van der Waals surface area contributed by atoms with Gasteiger partial charge in [0.05, 0.1) is 11.7 Å². The Balaban J connectivity index is 2.62. The minimum Gasteiger partial charge on any atom is -0.466 e. The highest BCUT2D eigenvalue weighted by Gasteiger charge is 2.16. The van der Waals surface area contributed by atoms with E-state index in [1.807, 2.05) is 13.8 Å². The fraction of sp³-hybridized carbons (Fsp3) is 0.583. The first-order valence-corrected chi connectivity index (χ1v) is 5.46. The number of aliphatic hydroxyl groups excluding tert-OH is 1. The summed E-state index contributed by atoms with van der Waals surface area (Å²) in [4.78, 5) is 11.8. The number of hydrogen-bond donors (Lipinski definition) is 2. The molecule has 2 atom stereocenters. The number of furan rings is 1. The predicted molar refractivity (Wildman–Crippen MR) is 61.4 cm³/mol. The van der Waals surface area contributed by atoms with Gasteiger partial charge in [0.15, 0.2) is 0 Å². The molecule has 0 saturated carbocycles. The lowest BCUT2D eigenvalue weighted by atomic mass is 10.1. The van der Waals surface area contributed by atoms with E-state index in [9.17, 15) is 9.90 Å². The third kappa shape index (κ3) is 3.38. The average Bonchev–Trinajstić information content (AvgIpc) is 2.43. The van der Waals surface area contributed by atoms with Gasteiger partial charge in [0, 0.05) is 6.04 Å². The Hall–Kier alpha value is -1.29. The van der Waals surface area contributed by atoms with Crippen LogP contribution < -0.4 is 5.32 Å². The molecule has 1 heterocycles. The summed E-state index contributed by atoms with van der Waals surface area (Å²) in [5, 5.41) is 12.0. The molecule has 0 spiro atoms. The summed E-state index contributed by atoms with van der Waals surface area (Å²) in [5.74, 6) is 1.20. The van der Waals surface area contributed by atoms with Crippen LogP contribution in [0.25, 0.3) is 0 Å². The lowest BCUT2D eigenvalue weighted by Crippen LogP contribution is -2.34. The van der Waals surface area contributed by atoms with Crippen molar-refractivity contribution in [3.63, 3.8) is 0 Å². The molecule has 4 heteroatoms. The second-order valence-corrected chi connectivity index (χ2v) is 4.29. The van der Waals surface area contributed by atoms with Crippen molar-refractivity contribution in [1.82, 2.24) is 5.32 Å². The zero-order valence-electron chi connectivity index (χ0n) is 10.2. The number of aliphatic hydroxyl groups is 1. The second-order valence-electron chi connectivity index (χ2n) is 4.29. The van der Waals surface area contributed by atoms with Crippen molar-refractivity contribution in [2.24, 2.45) is 0 Å². The molecule has 0 fully saturated rings. The zero-order valence-corrected chi connectivity index (χ0v) is 10.2. The summed E-state index contributed by atoms with van der Waals surface area (Å²) < 4.78 is 5.29. The van der Waals surface area contributed by atoms with Gasteiger partial charge in [-0.1, -0.05) is 0 Å². The maximum Gasteiger partial charge on any atom is 0.255 e. The molecule has 2 N–H and O–H groups in total. The molecule has 0 radical (unpaired) electrons. The predicted octanol–water partition coefficient (Wildman–Crippen LogP) is 1.79. The highest BCUT2D eigenvalue weighted by Crippen LogP contribution is 2.13. The monoisotopic (exact) mass is 225 g/mol. The molecule has 0 bridgehead atoms. The van der Waals surface area contributed by atoms with Crippen molar-refractivity contribution in [2.75, 3.05) is 0 Å². The third-order valence-corrected chi connectivity index (χ3v) is 2.36. The molecular weight excluding hydrogens is 206 g/mol. The van der Waals surface area contributed by atoms with E-state index in [0.717, 1.165) is 5.76 Å². The minimum absolute atomic E-state index is 0.0536. The van der Waals surface area contributed by atoms with Crippen LogP contribution in [0.3, 0.4) is 0 Å². The zero-order chi connectivity index (χ0) is 12.3. The maximum absolute atomic E-state index is 11.8. The van der Waals surface area contributed by atoms with Gasteiger partial charge in [-0.25, -0.2) is 0 Å². The molecule has 0 aliphatic rings. The Morgan fingerprint density at radius 3 is 2.56 bits per heavy atom. The number of carbonyl (C=O) groups excluding carboxylic acids is 1. The molecule has 4 nitrogen and oxygen atoms in total. The topological polar surface area (TPSA) is 62.5 Å². The van der Waals surface area contributed by atoms with E-state index in [1.165, 1.54) is 0 Å². The Bertz CT molecular complexity index is 368. The quantitative estimate of drug-likeness (QED) is 0.821. The van der Waals surface area contributed by atoms with Crippen LogP contribution in [0.4, 0.5) is 0 Å². The summed E-state index contributed by atoms with van der Waals surface area (Å²) in [6, 6.07) is 1.67. The molecule has 0 aliphatic heterocycles. The van der Waals surface area contributed by atoms with Crippen LogP contribution in [-0.2, 0) is 0 Å². The molecule has 1 aromatic heterocycles. The summed E-state index contributed by atoms with van der Waals surface area (Å²) >= 11 is 0. The highest BCUT2D eigenvalue weighted by atomic mass is 16.3. The van der Waals surface area contributed by atoms with Gasteiger partial charge in [0.1, 0.15) is 11.5 Å². The molecule has 0 aromatic carbocycles. The summed E-state index contributed by atoms with van der Waals surface area (Å²) in [5.41, 5.74) is 0.565. The standard InChI is InChI=1S/C12H19NO3/c1-7(5-8(2)14)13-12(15)11-6-9(3)16-10(11)4/h6-8,14H,5H2,1-4H3,(H,13,15). The Kier molecular flexibility index (Phi) is 4.12. The Morgan fingerprint density at radius 2 is 2.12 bits per heavy atom. The lowest BCUT2D eigenvalue weighted by molar-refractivity contribution is 0.0921. The number of carbonyl (C=O) groups is 1. The van der Waals surface area contributed by atoms with Crippen LogP contribution in [0.2, 0.25) is 0 Å². The van der Waals surface area contributed by atoms with Crippen LogP contribution in [0.5, 0.6) is 0 Å². The van der Waals surface area contributed by atoms with Gasteiger partial charge in [-0.3, -0.25) is 4.79 Å². The van der Waals surface area contributed by atoms with Gasteiger partial charge in [-0.05, 0) is 40.2 Å². The van der Waals surface area contributed by atoms with Gasteiger partial charge in [-0.2, -0.15) is 0 Å². The van der Waals surface area contributed by atoms with Crippen molar-refractivity contribution >= 4 is 5.91 Å². The minimum atomic E-state index is -0.414. The number of rotatable bonds is 4. The van der Waals surface area contributed by atoms with E-state index in [2.05, 4.69) is 5.32 Å². The van der Waals surface area contributed by atoms with E-state index in [4.69, 9.17) is 4.42 Å². The van der Waals surface area contributed by atoms with Gasteiger partial charge < -0.3 is 14.8 Å². The van der Waals surface area contributed by atoms with Gasteiger partial charge in [0.25, 0.3) is 5.91 Å². The first-order chi connectivity index (χ1) is 7.40.